The summed E-state index contributed by atoms with van der Waals surface area (Å²) < 4.78 is 20.9. The Labute approximate surface area is 264 Å². The first kappa shape index (κ1) is 30.0. The topological polar surface area (TPSA) is 38.9 Å². The average molecular weight is 741 g/mol. The second-order valence-electron chi connectivity index (χ2n) is 10.5. The van der Waals surface area contributed by atoms with Gasteiger partial charge in [0.25, 0.3) is 0 Å². The zero-order chi connectivity index (χ0) is 29.1. The molecule has 0 saturated carbocycles. The van der Waals surface area contributed by atoms with Crippen molar-refractivity contribution in [1.82, 2.24) is 9.97 Å². The standard InChI is InChI=1S/C24H15FNO.C14H14N.Ir/c1-15-10-13-21(26-14-15)19-9-5-8-17-18-11-12-20(25)22(24(18)27-23(17)19)16-6-3-2-4-7-16;1-11(2)13-8-9-14(15-10-13)12-6-4-3-5-7-12;/h2-8,10-14H,1H3;3-6,8-11H,1-2H3;/q2*-1;. The van der Waals surface area contributed by atoms with E-state index in [1.54, 1.807) is 6.07 Å². The van der Waals surface area contributed by atoms with Crippen LogP contribution in [0.5, 0.6) is 0 Å². The molecule has 43 heavy (non-hydrogen) atoms. The summed E-state index contributed by atoms with van der Waals surface area (Å²) in [7, 11) is 0. The molecule has 0 bridgehead atoms. The number of aryl methyl sites for hydroxylation is 1. The number of hydrogen-bond acceptors (Lipinski definition) is 3. The van der Waals surface area contributed by atoms with Crippen molar-refractivity contribution < 1.29 is 28.9 Å². The third-order valence-electron chi connectivity index (χ3n) is 7.22. The van der Waals surface area contributed by atoms with E-state index in [9.17, 15) is 4.39 Å². The summed E-state index contributed by atoms with van der Waals surface area (Å²) in [5, 5.41) is 1.81. The molecule has 0 aliphatic carbocycles. The fourth-order valence-corrected chi connectivity index (χ4v) is 4.92. The molecule has 0 atom stereocenters. The minimum atomic E-state index is -0.299. The molecule has 215 valence electrons. The van der Waals surface area contributed by atoms with Crippen LogP contribution in [0.15, 0.2) is 120 Å². The molecule has 0 aliphatic heterocycles. The van der Waals surface area contributed by atoms with Crippen LogP contribution in [0.2, 0.25) is 0 Å². The van der Waals surface area contributed by atoms with Crippen molar-refractivity contribution in [3.05, 3.63) is 145 Å². The van der Waals surface area contributed by atoms with Crippen LogP contribution in [0.4, 0.5) is 4.39 Å². The number of rotatable bonds is 4. The van der Waals surface area contributed by atoms with Gasteiger partial charge in [-0.05, 0) is 53.1 Å². The Morgan fingerprint density at radius 2 is 1.44 bits per heavy atom. The van der Waals surface area contributed by atoms with E-state index in [0.717, 1.165) is 44.4 Å². The smallest absolute Gasteiger partial charge is 0.134 e. The van der Waals surface area contributed by atoms with Crippen molar-refractivity contribution >= 4 is 21.9 Å². The summed E-state index contributed by atoms with van der Waals surface area (Å²) in [6, 6.07) is 39.0. The molecule has 0 spiro atoms. The number of pyridine rings is 2. The number of halogens is 1. The average Bonchev–Trinajstić information content (AvgIpc) is 3.41. The minimum absolute atomic E-state index is 0. The van der Waals surface area contributed by atoms with E-state index < -0.39 is 0 Å². The summed E-state index contributed by atoms with van der Waals surface area (Å²) in [6.45, 7) is 6.34. The van der Waals surface area contributed by atoms with E-state index in [1.807, 2.05) is 98.2 Å². The van der Waals surface area contributed by atoms with Gasteiger partial charge in [-0.2, -0.15) is 0 Å². The molecule has 7 aromatic rings. The summed E-state index contributed by atoms with van der Waals surface area (Å²) in [6.07, 6.45) is 3.76. The number of nitrogens with zero attached hydrogens (tertiary/aromatic N) is 2. The Balaban J connectivity index is 0.000000197. The van der Waals surface area contributed by atoms with Crippen LogP contribution in [0.25, 0.3) is 55.6 Å². The largest absolute Gasteiger partial charge is 0.500 e. The zero-order valence-corrected chi connectivity index (χ0v) is 26.5. The van der Waals surface area contributed by atoms with E-state index >= 15 is 0 Å². The predicted octanol–water partition coefficient (Wildman–Crippen LogP) is 10.2. The number of fused-ring (bicyclic) bond motifs is 3. The molecule has 1 radical (unpaired) electrons. The summed E-state index contributed by atoms with van der Waals surface area (Å²) in [5.41, 5.74) is 8.45. The van der Waals surface area contributed by atoms with Gasteiger partial charge in [0.1, 0.15) is 11.4 Å². The number of benzene rings is 4. The van der Waals surface area contributed by atoms with Crippen LogP contribution in [-0.4, -0.2) is 9.97 Å². The Morgan fingerprint density at radius 1 is 0.698 bits per heavy atom. The van der Waals surface area contributed by atoms with E-state index in [0.29, 0.717) is 22.6 Å². The molecular formula is C38H29FIrN2O-2. The minimum Gasteiger partial charge on any atom is -0.500 e. The van der Waals surface area contributed by atoms with Gasteiger partial charge in [-0.25, -0.2) is 4.39 Å². The van der Waals surface area contributed by atoms with Gasteiger partial charge in [-0.15, -0.1) is 54.1 Å². The van der Waals surface area contributed by atoms with Gasteiger partial charge in [0.05, 0.1) is 11.1 Å². The number of hydrogen-bond donors (Lipinski definition) is 0. The Kier molecular flexibility index (Phi) is 9.25. The Morgan fingerprint density at radius 3 is 2.12 bits per heavy atom. The van der Waals surface area contributed by atoms with Crippen LogP contribution in [-0.2, 0) is 20.1 Å². The number of furan rings is 1. The fourth-order valence-electron chi connectivity index (χ4n) is 4.92. The quantitative estimate of drug-likeness (QED) is 0.169. The molecule has 0 saturated heterocycles. The van der Waals surface area contributed by atoms with Crippen molar-refractivity contribution in [3.63, 3.8) is 0 Å². The van der Waals surface area contributed by atoms with Crippen LogP contribution in [0.1, 0.15) is 30.9 Å². The Hall–Kier alpha value is -4.44. The molecule has 3 aromatic heterocycles. The van der Waals surface area contributed by atoms with Crippen LogP contribution in [0, 0.1) is 24.9 Å². The summed E-state index contributed by atoms with van der Waals surface area (Å²) >= 11 is 0. The normalized spacial score (nSPS) is 10.8. The maximum absolute atomic E-state index is 14.7. The molecule has 4 aromatic carbocycles. The van der Waals surface area contributed by atoms with Crippen molar-refractivity contribution in [3.8, 4) is 33.6 Å². The van der Waals surface area contributed by atoms with Crippen LogP contribution < -0.4 is 0 Å². The first-order chi connectivity index (χ1) is 20.5. The van der Waals surface area contributed by atoms with E-state index in [2.05, 4.69) is 48.1 Å². The van der Waals surface area contributed by atoms with Gasteiger partial charge < -0.3 is 14.4 Å². The molecule has 0 fully saturated rings. The van der Waals surface area contributed by atoms with E-state index in [-0.39, 0.29) is 25.9 Å². The van der Waals surface area contributed by atoms with Gasteiger partial charge in [0.15, 0.2) is 0 Å². The van der Waals surface area contributed by atoms with Crippen molar-refractivity contribution in [2.45, 2.75) is 26.7 Å². The SMILES string of the molecule is CC(C)c1ccc(-c2[c-]cccc2)nc1.Cc1ccc(-c2[c-]ccc3c2oc2c(-c4ccccc4)c(F)ccc23)nc1.[Ir]. The van der Waals surface area contributed by atoms with Crippen molar-refractivity contribution in [2.75, 3.05) is 0 Å². The molecule has 5 heteroatoms. The molecule has 0 N–H and O–H groups in total. The van der Waals surface area contributed by atoms with E-state index in [4.69, 9.17) is 4.42 Å². The number of aromatic nitrogens is 2. The Bertz CT molecular complexity index is 1950. The third-order valence-corrected chi connectivity index (χ3v) is 7.22. The third kappa shape index (κ3) is 6.34. The van der Waals surface area contributed by atoms with Crippen molar-refractivity contribution in [1.29, 1.82) is 0 Å². The van der Waals surface area contributed by atoms with Crippen molar-refractivity contribution in [2.24, 2.45) is 0 Å². The molecule has 7 rings (SSSR count). The zero-order valence-electron chi connectivity index (χ0n) is 24.1. The summed E-state index contributed by atoms with van der Waals surface area (Å²) in [4.78, 5) is 8.94. The fraction of sp³-hybridized carbons (Fsp3) is 0.105. The molecule has 0 aliphatic rings. The first-order valence-electron chi connectivity index (χ1n) is 14.0. The molecule has 3 heterocycles. The van der Waals surface area contributed by atoms with Crippen LogP contribution >= 0.6 is 0 Å². The van der Waals surface area contributed by atoms with Crippen LogP contribution in [0.3, 0.4) is 0 Å². The second kappa shape index (κ2) is 13.2. The maximum Gasteiger partial charge on any atom is 0.134 e. The molecular weight excluding hydrogens is 712 g/mol. The molecule has 0 amide bonds. The molecule has 3 nitrogen and oxygen atoms in total. The van der Waals surface area contributed by atoms with Gasteiger partial charge in [0.2, 0.25) is 0 Å². The first-order valence-corrected chi connectivity index (χ1v) is 14.0. The second-order valence-corrected chi connectivity index (χ2v) is 10.5. The monoisotopic (exact) mass is 741 g/mol. The van der Waals surface area contributed by atoms with Gasteiger partial charge >= 0.3 is 0 Å². The predicted molar refractivity (Wildman–Crippen MR) is 169 cm³/mol. The maximum atomic E-state index is 14.7. The molecule has 0 unspecified atom stereocenters. The van der Waals surface area contributed by atoms with Gasteiger partial charge in [-0.1, -0.05) is 79.4 Å². The van der Waals surface area contributed by atoms with Gasteiger partial charge in [0, 0.05) is 37.9 Å². The summed E-state index contributed by atoms with van der Waals surface area (Å²) in [5.74, 6) is 0.234. The van der Waals surface area contributed by atoms with Gasteiger partial charge in [-0.3, -0.25) is 0 Å². The van der Waals surface area contributed by atoms with E-state index in [1.165, 1.54) is 11.6 Å².